The second-order valence-electron chi connectivity index (χ2n) is 12.3. The topological polar surface area (TPSA) is 245 Å². The zero-order valence-electron chi connectivity index (χ0n) is 31.8. The first kappa shape index (κ1) is 49.1. The van der Waals surface area contributed by atoms with Crippen LogP contribution in [-0.4, -0.2) is 160 Å². The van der Waals surface area contributed by atoms with Crippen LogP contribution in [0.2, 0.25) is 0 Å². The Hall–Kier alpha value is -4.05. The molecule has 1 fully saturated rings. The number of carbonyl (C=O) groups excluding carboxylic acids is 3. The van der Waals surface area contributed by atoms with Crippen molar-refractivity contribution >= 4 is 27.4 Å². The van der Waals surface area contributed by atoms with Gasteiger partial charge in [-0.25, -0.2) is 8.42 Å². The van der Waals surface area contributed by atoms with E-state index >= 15 is 0 Å². The number of hydrogen-bond donors (Lipinski definition) is 0. The van der Waals surface area contributed by atoms with Gasteiger partial charge in [-0.2, -0.15) is 13.2 Å². The smallest absolute Gasteiger partial charge is 0.379 e. The average Bonchev–Trinajstić information content (AvgIpc) is 3.52. The molecule has 19 nitrogen and oxygen atoms in total. The molecule has 0 saturated carbocycles. The van der Waals surface area contributed by atoms with E-state index in [9.17, 15) is 36.0 Å². The van der Waals surface area contributed by atoms with Crippen LogP contribution in [0.25, 0.3) is 20.9 Å². The third-order valence-corrected chi connectivity index (χ3v) is 10.1. The molecule has 0 radical (unpaired) electrons. The molecule has 2 rings (SSSR count). The van der Waals surface area contributed by atoms with Crippen LogP contribution in [0, 0.1) is 0 Å². The minimum absolute atomic E-state index is 0.0208. The van der Waals surface area contributed by atoms with Gasteiger partial charge in [0.1, 0.15) is 0 Å². The monoisotopic (exact) mass is 836 g/mol. The van der Waals surface area contributed by atoms with Gasteiger partial charge in [0.05, 0.1) is 95.5 Å². The fourth-order valence-corrected chi connectivity index (χ4v) is 6.97. The lowest BCUT2D eigenvalue weighted by Crippen LogP contribution is -2.42. The van der Waals surface area contributed by atoms with E-state index in [1.807, 2.05) is 0 Å². The number of sulfone groups is 1. The SMILES string of the molecule is [N-]=[N+]=NCCOCCOCCOCCN(CCOCCOCCOCCN=[N+]=[N-])C(=O)CCCCC(CS(=O)(=O)c1ccc(C(F)(F)F)cc1)N1CCC(=O)C1=O. The maximum Gasteiger partial charge on any atom is 0.416 e. The number of rotatable bonds is 33. The molecule has 1 heterocycles. The van der Waals surface area contributed by atoms with Crippen LogP contribution in [-0.2, 0) is 58.8 Å². The number of hydrogen-bond acceptors (Lipinski definition) is 13. The number of ketones is 1. The molecule has 1 aliphatic heterocycles. The van der Waals surface area contributed by atoms with Gasteiger partial charge in [0.15, 0.2) is 9.84 Å². The van der Waals surface area contributed by atoms with Crippen molar-refractivity contribution in [2.45, 2.75) is 49.2 Å². The summed E-state index contributed by atoms with van der Waals surface area (Å²) in [6, 6.07) is 2.16. The Kier molecular flexibility index (Phi) is 24.4. The molecular weight excluding hydrogens is 785 g/mol. The predicted molar refractivity (Wildman–Crippen MR) is 197 cm³/mol. The zero-order valence-corrected chi connectivity index (χ0v) is 32.6. The van der Waals surface area contributed by atoms with Gasteiger partial charge >= 0.3 is 6.18 Å². The van der Waals surface area contributed by atoms with Crippen molar-refractivity contribution in [2.75, 3.05) is 118 Å². The molecule has 0 aromatic heterocycles. The highest BCUT2D eigenvalue weighted by molar-refractivity contribution is 7.91. The minimum atomic E-state index is -4.65. The van der Waals surface area contributed by atoms with Gasteiger partial charge in [-0.15, -0.1) is 0 Å². The molecule has 0 spiro atoms. The average molecular weight is 837 g/mol. The Bertz CT molecular complexity index is 1520. The van der Waals surface area contributed by atoms with Crippen molar-refractivity contribution in [3.63, 3.8) is 0 Å². The number of unbranched alkanes of at least 4 members (excludes halogenated alkanes) is 1. The standard InChI is InChI=1S/C34H51F3N8O11S/c35-34(36,37)28-5-7-30(8-6-28)57(49,50)27-29(45-12-9-31(46)33(45)48)3-1-2-4-32(47)44(13-17-53-21-25-55-23-19-51-15-10-40-42-38)14-18-54-22-26-56-24-20-52-16-11-41-43-39/h5-8,29H,1-4,9-27H2. The van der Waals surface area contributed by atoms with Crippen molar-refractivity contribution in [3.8, 4) is 0 Å². The van der Waals surface area contributed by atoms with Crippen molar-refractivity contribution in [2.24, 2.45) is 10.2 Å². The van der Waals surface area contributed by atoms with E-state index in [-0.39, 0.29) is 116 Å². The highest BCUT2D eigenvalue weighted by Gasteiger charge is 2.37. The second-order valence-corrected chi connectivity index (χ2v) is 14.4. The molecule has 23 heteroatoms. The molecule has 1 aromatic rings. The van der Waals surface area contributed by atoms with Crippen LogP contribution in [0.1, 0.15) is 37.7 Å². The van der Waals surface area contributed by atoms with Crippen LogP contribution in [0.5, 0.6) is 0 Å². The molecule has 1 atom stereocenters. The fraction of sp³-hybridized carbons (Fsp3) is 0.735. The minimum Gasteiger partial charge on any atom is -0.379 e. The number of amides is 2. The summed E-state index contributed by atoms with van der Waals surface area (Å²) < 4.78 is 98.3. The van der Waals surface area contributed by atoms with Crippen molar-refractivity contribution in [3.05, 3.63) is 50.7 Å². The Labute approximate surface area is 329 Å². The van der Waals surface area contributed by atoms with Gasteiger partial charge in [-0.3, -0.25) is 14.4 Å². The Morgan fingerprint density at radius 3 is 1.68 bits per heavy atom. The van der Waals surface area contributed by atoms with Crippen molar-refractivity contribution < 1.29 is 64.4 Å². The Balaban J connectivity index is 1.88. The maximum absolute atomic E-state index is 13.3. The van der Waals surface area contributed by atoms with E-state index in [0.29, 0.717) is 51.4 Å². The first-order valence-corrected chi connectivity index (χ1v) is 20.1. The number of Topliss-reactive ketones (excluding diaryl/α,β-unsaturated/α-hetero) is 1. The summed E-state index contributed by atoms with van der Waals surface area (Å²) in [5, 5.41) is 6.73. The summed E-state index contributed by atoms with van der Waals surface area (Å²) in [5.74, 6) is -2.28. The van der Waals surface area contributed by atoms with E-state index in [4.69, 9.17) is 39.5 Å². The van der Waals surface area contributed by atoms with Gasteiger partial charge < -0.3 is 38.2 Å². The number of azide groups is 2. The van der Waals surface area contributed by atoms with E-state index in [1.165, 1.54) is 4.90 Å². The number of likely N-dealkylation sites (tertiary alicyclic amines) is 1. The lowest BCUT2D eigenvalue weighted by atomic mass is 10.1. The number of carbonyl (C=O) groups is 3. The molecule has 2 amide bonds. The molecule has 57 heavy (non-hydrogen) atoms. The van der Waals surface area contributed by atoms with E-state index in [1.54, 1.807) is 4.90 Å². The lowest BCUT2D eigenvalue weighted by Gasteiger charge is -2.27. The van der Waals surface area contributed by atoms with Crippen LogP contribution in [0.15, 0.2) is 39.4 Å². The third-order valence-electron chi connectivity index (χ3n) is 8.30. The normalized spacial score (nSPS) is 13.7. The molecule has 1 aliphatic rings. The molecule has 0 bridgehead atoms. The predicted octanol–water partition coefficient (Wildman–Crippen LogP) is 3.76. The van der Waals surface area contributed by atoms with E-state index < -0.39 is 45.1 Å². The zero-order chi connectivity index (χ0) is 41.8. The van der Waals surface area contributed by atoms with E-state index in [2.05, 4.69) is 20.1 Å². The highest BCUT2D eigenvalue weighted by Crippen LogP contribution is 2.30. The van der Waals surface area contributed by atoms with Crippen molar-refractivity contribution in [1.82, 2.24) is 9.80 Å². The number of ether oxygens (including phenoxy) is 6. The second kappa shape index (κ2) is 28.4. The number of nitrogens with zero attached hydrogens (tertiary/aromatic N) is 8. The van der Waals surface area contributed by atoms with Crippen LogP contribution in [0.3, 0.4) is 0 Å². The summed E-state index contributed by atoms with van der Waals surface area (Å²) in [6.45, 7) is 4.33. The Morgan fingerprint density at radius 2 is 1.25 bits per heavy atom. The molecule has 1 saturated heterocycles. The van der Waals surface area contributed by atoms with Gasteiger partial charge in [-0.1, -0.05) is 16.6 Å². The van der Waals surface area contributed by atoms with Crippen molar-refractivity contribution in [1.29, 1.82) is 0 Å². The highest BCUT2D eigenvalue weighted by atomic mass is 32.2. The first-order chi connectivity index (χ1) is 27.4. The molecule has 1 unspecified atom stereocenters. The molecular formula is C34H51F3N8O11S. The van der Waals surface area contributed by atoms with Gasteiger partial charge in [0, 0.05) is 61.4 Å². The summed E-state index contributed by atoms with van der Waals surface area (Å²) in [7, 11) is -4.15. The van der Waals surface area contributed by atoms with Gasteiger partial charge in [0.25, 0.3) is 5.91 Å². The number of alkyl halides is 3. The molecule has 1 aromatic carbocycles. The largest absolute Gasteiger partial charge is 0.416 e. The molecule has 320 valence electrons. The van der Waals surface area contributed by atoms with Crippen LogP contribution < -0.4 is 0 Å². The van der Waals surface area contributed by atoms with Crippen LogP contribution in [0.4, 0.5) is 13.2 Å². The van der Waals surface area contributed by atoms with E-state index in [0.717, 1.165) is 12.1 Å². The summed E-state index contributed by atoms with van der Waals surface area (Å²) in [6.07, 6.45) is -3.87. The quantitative estimate of drug-likeness (QED) is 0.0324. The van der Waals surface area contributed by atoms with Gasteiger partial charge in [0.2, 0.25) is 11.7 Å². The summed E-state index contributed by atoms with van der Waals surface area (Å²) in [5.41, 5.74) is 15.5. The van der Waals surface area contributed by atoms with Gasteiger partial charge in [-0.05, 0) is 48.2 Å². The fourth-order valence-electron chi connectivity index (χ4n) is 5.38. The van der Waals surface area contributed by atoms with Crippen LogP contribution >= 0.6 is 0 Å². The molecule has 0 aliphatic carbocycles. The number of halogens is 3. The third kappa shape index (κ3) is 20.8. The number of benzene rings is 1. The summed E-state index contributed by atoms with van der Waals surface area (Å²) in [4.78, 5) is 45.6. The lowest BCUT2D eigenvalue weighted by molar-refractivity contribution is -0.141. The summed E-state index contributed by atoms with van der Waals surface area (Å²) >= 11 is 0. The first-order valence-electron chi connectivity index (χ1n) is 18.4. The molecule has 0 N–H and O–H groups in total. The Morgan fingerprint density at radius 1 is 0.772 bits per heavy atom. The maximum atomic E-state index is 13.3.